The molecule has 0 amide bonds. The maximum absolute atomic E-state index is 5.86. The zero-order chi connectivity index (χ0) is 38.1. The Balaban J connectivity index is 0.000000183. The fraction of sp³-hybridized carbons (Fsp3) is 0.170. The molecule has 56 heavy (non-hydrogen) atoms. The van der Waals surface area contributed by atoms with Gasteiger partial charge in [-0.15, -0.1) is 42.0 Å². The fourth-order valence-electron chi connectivity index (χ4n) is 6.80. The molecular formula is C47H42IrN6OSi-2. The zero-order valence-corrected chi connectivity index (χ0v) is 35.7. The molecule has 9 rings (SSSR count). The van der Waals surface area contributed by atoms with Crippen molar-refractivity contribution >= 4 is 46.5 Å². The zero-order valence-electron chi connectivity index (χ0n) is 32.3. The number of aryl methyl sites for hydroxylation is 1. The predicted octanol–water partition coefficient (Wildman–Crippen LogP) is 10.8. The minimum Gasteiger partial charge on any atom is -0.467 e. The molecule has 281 valence electrons. The van der Waals surface area contributed by atoms with Crippen LogP contribution in [0.25, 0.3) is 67.0 Å². The molecule has 9 heteroatoms. The van der Waals surface area contributed by atoms with E-state index in [9.17, 15) is 0 Å². The fourth-order valence-corrected chi connectivity index (χ4v) is 8.27. The van der Waals surface area contributed by atoms with Crippen LogP contribution in [0.15, 0.2) is 132 Å². The van der Waals surface area contributed by atoms with Crippen LogP contribution >= 0.6 is 0 Å². The number of benzene rings is 3. The van der Waals surface area contributed by atoms with Gasteiger partial charge in [0.1, 0.15) is 5.71 Å². The first-order chi connectivity index (χ1) is 26.6. The molecule has 0 fully saturated rings. The van der Waals surface area contributed by atoms with Crippen LogP contribution in [0.2, 0.25) is 19.6 Å². The molecule has 0 bridgehead atoms. The summed E-state index contributed by atoms with van der Waals surface area (Å²) >= 11 is 0. The molecule has 3 aromatic carbocycles. The monoisotopic (exact) mass is 927 g/mol. The minimum absolute atomic E-state index is 0. The summed E-state index contributed by atoms with van der Waals surface area (Å²) in [4.78, 5) is 23.4. The first kappa shape index (κ1) is 38.7. The van der Waals surface area contributed by atoms with Gasteiger partial charge in [-0.1, -0.05) is 106 Å². The van der Waals surface area contributed by atoms with Crippen molar-refractivity contribution in [3.63, 3.8) is 0 Å². The first-order valence-electron chi connectivity index (χ1n) is 18.6. The van der Waals surface area contributed by atoms with E-state index in [1.165, 1.54) is 21.9 Å². The Kier molecular flexibility index (Phi) is 11.2. The molecule has 0 saturated heterocycles. The van der Waals surface area contributed by atoms with E-state index >= 15 is 0 Å². The number of rotatable bonds is 7. The maximum Gasteiger partial charge on any atom is 0.217 e. The third-order valence-corrected chi connectivity index (χ3v) is 11.7. The van der Waals surface area contributed by atoms with E-state index in [2.05, 4.69) is 139 Å². The van der Waals surface area contributed by atoms with E-state index in [0.29, 0.717) is 23.9 Å². The van der Waals surface area contributed by atoms with Gasteiger partial charge in [0, 0.05) is 49.6 Å². The van der Waals surface area contributed by atoms with Gasteiger partial charge in [0.05, 0.1) is 31.1 Å². The Labute approximate surface area is 342 Å². The largest absolute Gasteiger partial charge is 0.467 e. The van der Waals surface area contributed by atoms with Gasteiger partial charge in [0.15, 0.2) is 0 Å². The third-order valence-electron chi connectivity index (χ3n) is 9.73. The molecule has 6 aromatic heterocycles. The number of imidazole rings is 1. The van der Waals surface area contributed by atoms with Crippen molar-refractivity contribution in [2.45, 2.75) is 52.9 Å². The van der Waals surface area contributed by atoms with Crippen LogP contribution in [0.4, 0.5) is 0 Å². The van der Waals surface area contributed by atoms with E-state index in [4.69, 9.17) is 19.4 Å². The van der Waals surface area contributed by atoms with Crippen LogP contribution < -0.4 is 5.19 Å². The van der Waals surface area contributed by atoms with E-state index in [1.54, 1.807) is 0 Å². The van der Waals surface area contributed by atoms with Crippen LogP contribution in [0, 0.1) is 19.2 Å². The minimum atomic E-state index is -1.46. The van der Waals surface area contributed by atoms with Gasteiger partial charge >= 0.3 is 0 Å². The second-order valence-corrected chi connectivity index (χ2v) is 20.2. The topological polar surface area (TPSA) is 82.5 Å². The third kappa shape index (κ3) is 8.02. The number of nitrogens with zero attached hydrogens (tertiary/aromatic N) is 6. The molecule has 0 atom stereocenters. The standard InChI is InChI=1S/C27H22N5O.C20H20NSi.Ir/c1-16(2)22-12-23-24(14-28-22)32(15-18-7-5-4-6-8-18)25(31-23)19-11-21-20-10-9-17(3)30-27(20)33-26(21)29-13-19;1-22(2,3)20-15-21-19(17-12-8-5-9-13-17)14-18(20)16-10-6-4-7-11-16;/h4-12,14,16H,15H2,1-3H3;4-12,14-15H,1-3H3;/q2*-1;. The van der Waals surface area contributed by atoms with Gasteiger partial charge < -0.3 is 19.0 Å². The molecule has 1 radical (unpaired) electrons. The van der Waals surface area contributed by atoms with Gasteiger partial charge in [0.25, 0.3) is 0 Å². The Morgan fingerprint density at radius 3 is 2.21 bits per heavy atom. The SMILES string of the molecule is C[Si](C)(C)c1cnc(-c2[c-]cccc2)cc1-c1ccccc1.Cc1ccc2c(n1)oc1n[c-]c(-c3nc4cc(C(C)C)ncc4n3Cc3ccccc3)cc12.[Ir]. The normalized spacial score (nSPS) is 11.5. The van der Waals surface area contributed by atoms with E-state index in [-0.39, 0.29) is 20.1 Å². The predicted molar refractivity (Wildman–Crippen MR) is 226 cm³/mol. The molecule has 0 saturated carbocycles. The van der Waals surface area contributed by atoms with Crippen LogP contribution in [-0.2, 0) is 26.7 Å². The van der Waals surface area contributed by atoms with Crippen LogP contribution in [-0.4, -0.2) is 37.6 Å². The Morgan fingerprint density at radius 2 is 1.50 bits per heavy atom. The second kappa shape index (κ2) is 16.2. The van der Waals surface area contributed by atoms with Gasteiger partial charge in [-0.2, -0.15) is 0 Å². The number of hydrogen-bond acceptors (Lipinski definition) is 6. The van der Waals surface area contributed by atoms with Gasteiger partial charge in [-0.25, -0.2) is 4.98 Å². The van der Waals surface area contributed by atoms with Gasteiger partial charge in [0.2, 0.25) is 5.71 Å². The van der Waals surface area contributed by atoms with Crippen molar-refractivity contribution < 1.29 is 24.5 Å². The molecule has 7 nitrogen and oxygen atoms in total. The molecule has 6 heterocycles. The molecule has 0 aliphatic carbocycles. The number of aromatic nitrogens is 6. The Bertz CT molecular complexity index is 2760. The quantitative estimate of drug-likeness (QED) is 0.117. The van der Waals surface area contributed by atoms with E-state index in [0.717, 1.165) is 55.8 Å². The molecule has 9 aromatic rings. The molecule has 0 spiro atoms. The summed E-state index contributed by atoms with van der Waals surface area (Å²) in [5.41, 5.74) is 11.6. The average Bonchev–Trinajstić information content (AvgIpc) is 3.75. The summed E-state index contributed by atoms with van der Waals surface area (Å²) in [6.45, 7) is 14.0. The summed E-state index contributed by atoms with van der Waals surface area (Å²) in [6, 6.07) is 42.6. The van der Waals surface area contributed by atoms with Crippen molar-refractivity contribution in [2.75, 3.05) is 0 Å². The van der Waals surface area contributed by atoms with Crippen LogP contribution in [0.1, 0.15) is 36.7 Å². The number of pyridine rings is 4. The maximum atomic E-state index is 5.86. The number of hydrogen-bond donors (Lipinski definition) is 0. The number of fused-ring (bicyclic) bond motifs is 4. The van der Waals surface area contributed by atoms with Crippen molar-refractivity contribution in [1.29, 1.82) is 0 Å². The summed E-state index contributed by atoms with van der Waals surface area (Å²) in [5.74, 6) is 1.13. The summed E-state index contributed by atoms with van der Waals surface area (Å²) < 4.78 is 8.05. The first-order valence-corrected chi connectivity index (χ1v) is 22.1. The van der Waals surface area contributed by atoms with E-state index < -0.39 is 8.07 Å². The molecule has 0 aliphatic heterocycles. The molecule has 0 unspecified atom stereocenters. The molecular weight excluding hydrogens is 885 g/mol. The van der Waals surface area contributed by atoms with Crippen LogP contribution in [0.5, 0.6) is 0 Å². The molecule has 0 N–H and O–H groups in total. The smallest absolute Gasteiger partial charge is 0.217 e. The molecule has 0 aliphatic rings. The summed E-state index contributed by atoms with van der Waals surface area (Å²) in [5, 5.41) is 3.25. The Hall–Kier alpha value is -5.60. The summed E-state index contributed by atoms with van der Waals surface area (Å²) in [6.07, 6.45) is 7.15. The van der Waals surface area contributed by atoms with Crippen molar-refractivity contribution in [2.24, 2.45) is 0 Å². The van der Waals surface area contributed by atoms with Gasteiger partial charge in [-0.3, -0.25) is 9.97 Å². The van der Waals surface area contributed by atoms with Crippen LogP contribution in [0.3, 0.4) is 0 Å². The number of furan rings is 1. The Morgan fingerprint density at radius 1 is 0.750 bits per heavy atom. The van der Waals surface area contributed by atoms with Crippen molar-refractivity contribution in [3.05, 3.63) is 157 Å². The van der Waals surface area contributed by atoms with Crippen molar-refractivity contribution in [3.8, 4) is 33.8 Å². The van der Waals surface area contributed by atoms with Gasteiger partial charge in [-0.05, 0) is 70.2 Å². The second-order valence-electron chi connectivity index (χ2n) is 15.2. The summed E-state index contributed by atoms with van der Waals surface area (Å²) in [7, 11) is -1.46. The van der Waals surface area contributed by atoms with E-state index in [1.807, 2.05) is 55.6 Å². The van der Waals surface area contributed by atoms with Crippen molar-refractivity contribution in [1.82, 2.24) is 29.5 Å². The average molecular weight is 927 g/mol.